The van der Waals surface area contributed by atoms with Gasteiger partial charge in [0.25, 0.3) is 0 Å². The lowest BCUT2D eigenvalue weighted by atomic mass is 9.72. The Kier molecular flexibility index (Phi) is 4.70. The molecule has 2 fully saturated rings. The van der Waals surface area contributed by atoms with Gasteiger partial charge in [0.1, 0.15) is 0 Å². The minimum absolute atomic E-state index is 0.0889. The van der Waals surface area contributed by atoms with Gasteiger partial charge < -0.3 is 19.9 Å². The van der Waals surface area contributed by atoms with Crippen LogP contribution in [0.1, 0.15) is 30.4 Å². The van der Waals surface area contributed by atoms with Crippen molar-refractivity contribution in [2.75, 3.05) is 6.61 Å². The molecule has 1 aromatic carbocycles. The molecule has 25 heavy (non-hydrogen) atoms. The van der Waals surface area contributed by atoms with Gasteiger partial charge in [-0.25, -0.2) is 9.78 Å². The smallest absolute Gasteiger partial charge is 0.315 e. The van der Waals surface area contributed by atoms with Crippen LogP contribution in [-0.4, -0.2) is 34.3 Å². The molecule has 2 aliphatic rings. The normalized spacial score (nSPS) is 24.9. The predicted octanol–water partition coefficient (Wildman–Crippen LogP) is 2.30. The molecule has 2 N–H and O–H groups in total. The Morgan fingerprint density at radius 1 is 1.36 bits per heavy atom. The number of rotatable bonds is 5. The van der Waals surface area contributed by atoms with Gasteiger partial charge in [-0.05, 0) is 30.4 Å². The maximum Gasteiger partial charge on any atom is 0.315 e. The second-order valence-corrected chi connectivity index (χ2v) is 6.94. The number of carbonyl (C=O) groups is 1. The first-order chi connectivity index (χ1) is 12.3. The second-order valence-electron chi connectivity index (χ2n) is 6.94. The first-order valence-electron chi connectivity index (χ1n) is 8.97. The molecule has 0 bridgehead atoms. The summed E-state index contributed by atoms with van der Waals surface area (Å²) in [5, 5.41) is 6.06. The van der Waals surface area contributed by atoms with E-state index in [1.54, 1.807) is 12.5 Å². The van der Waals surface area contributed by atoms with E-state index in [9.17, 15) is 4.79 Å². The van der Waals surface area contributed by atoms with Crippen molar-refractivity contribution in [2.24, 2.45) is 5.92 Å². The monoisotopic (exact) mass is 340 g/mol. The number of urea groups is 1. The van der Waals surface area contributed by atoms with Gasteiger partial charge >= 0.3 is 6.03 Å². The average molecular weight is 340 g/mol. The molecular formula is C19H24N4O2. The van der Waals surface area contributed by atoms with Gasteiger partial charge in [0.15, 0.2) is 0 Å². The van der Waals surface area contributed by atoms with Crippen molar-refractivity contribution in [3.8, 4) is 0 Å². The molecule has 0 spiro atoms. The van der Waals surface area contributed by atoms with Crippen molar-refractivity contribution in [1.82, 2.24) is 20.2 Å². The molecule has 0 radical (unpaired) electrons. The number of nitrogens with zero attached hydrogens (tertiary/aromatic N) is 2. The van der Waals surface area contributed by atoms with Gasteiger partial charge in [-0.15, -0.1) is 0 Å². The van der Waals surface area contributed by atoms with Gasteiger partial charge in [-0.3, -0.25) is 0 Å². The number of benzene rings is 1. The Hall–Kier alpha value is -2.34. The lowest BCUT2D eigenvalue weighted by Gasteiger charge is -2.47. The van der Waals surface area contributed by atoms with Crippen molar-refractivity contribution in [3.05, 3.63) is 54.1 Å². The molecule has 1 aliphatic heterocycles. The number of hydrogen-bond donors (Lipinski definition) is 2. The quantitative estimate of drug-likeness (QED) is 0.877. The zero-order valence-electron chi connectivity index (χ0n) is 14.2. The van der Waals surface area contributed by atoms with E-state index in [4.69, 9.17) is 4.74 Å². The predicted molar refractivity (Wildman–Crippen MR) is 94.0 cm³/mol. The Labute approximate surface area is 147 Å². The Morgan fingerprint density at radius 2 is 2.28 bits per heavy atom. The first kappa shape index (κ1) is 16.1. The standard InChI is InChI=1S/C19H24N4O2/c24-19(22-17-10-18-16(17)5-2-8-25-18)21-11-14-3-1-4-15(9-14)12-23-7-6-20-13-23/h1,3-4,6-7,9,13,16-18H,2,5,8,10-12H2,(H2,21,22,24)/t16-,17-,18-/m1/s1. The average Bonchev–Trinajstić information content (AvgIpc) is 3.11. The molecule has 1 aliphatic carbocycles. The lowest BCUT2D eigenvalue weighted by molar-refractivity contribution is -0.0999. The van der Waals surface area contributed by atoms with Crippen LogP contribution in [0.2, 0.25) is 0 Å². The third-order valence-electron chi connectivity index (χ3n) is 5.18. The molecule has 3 atom stereocenters. The van der Waals surface area contributed by atoms with E-state index in [-0.39, 0.29) is 12.1 Å². The molecule has 4 rings (SSSR count). The van der Waals surface area contributed by atoms with Crippen LogP contribution in [0.15, 0.2) is 43.0 Å². The van der Waals surface area contributed by atoms with E-state index in [2.05, 4.69) is 27.8 Å². The fourth-order valence-corrected chi connectivity index (χ4v) is 3.79. The van der Waals surface area contributed by atoms with Crippen LogP contribution in [0.4, 0.5) is 4.79 Å². The Balaban J connectivity index is 1.26. The molecule has 6 nitrogen and oxygen atoms in total. The summed E-state index contributed by atoms with van der Waals surface area (Å²) in [4.78, 5) is 16.2. The summed E-state index contributed by atoms with van der Waals surface area (Å²) in [6, 6.07) is 8.44. The van der Waals surface area contributed by atoms with E-state index in [0.29, 0.717) is 18.6 Å². The largest absolute Gasteiger partial charge is 0.378 e. The van der Waals surface area contributed by atoms with Gasteiger partial charge in [0.2, 0.25) is 0 Å². The molecule has 0 unspecified atom stereocenters. The van der Waals surface area contributed by atoms with Crippen molar-refractivity contribution >= 4 is 6.03 Å². The summed E-state index contributed by atoms with van der Waals surface area (Å²) in [6.07, 6.45) is 9.09. The molecule has 2 aromatic rings. The van der Waals surface area contributed by atoms with Gasteiger partial charge in [-0.1, -0.05) is 24.3 Å². The van der Waals surface area contributed by atoms with Crippen LogP contribution < -0.4 is 10.6 Å². The second kappa shape index (κ2) is 7.27. The first-order valence-corrected chi connectivity index (χ1v) is 8.97. The number of hydrogen-bond acceptors (Lipinski definition) is 3. The highest BCUT2D eigenvalue weighted by atomic mass is 16.5. The molecule has 2 heterocycles. The number of imidazole rings is 1. The SMILES string of the molecule is O=C(NCc1cccc(Cn2ccnc2)c1)N[C@@H]1C[C@H]2OCCC[C@H]12. The Morgan fingerprint density at radius 3 is 3.12 bits per heavy atom. The van der Waals surface area contributed by atoms with Gasteiger partial charge in [-0.2, -0.15) is 0 Å². The zero-order chi connectivity index (χ0) is 17.1. The van der Waals surface area contributed by atoms with Gasteiger partial charge in [0, 0.05) is 44.0 Å². The number of fused-ring (bicyclic) bond motifs is 1. The van der Waals surface area contributed by atoms with Crippen LogP contribution in [-0.2, 0) is 17.8 Å². The van der Waals surface area contributed by atoms with Crippen molar-refractivity contribution in [1.29, 1.82) is 0 Å². The van der Waals surface area contributed by atoms with E-state index in [0.717, 1.165) is 38.0 Å². The molecule has 1 saturated carbocycles. The summed E-state index contributed by atoms with van der Waals surface area (Å²) in [5.74, 6) is 0.498. The maximum absolute atomic E-state index is 12.2. The summed E-state index contributed by atoms with van der Waals surface area (Å²) >= 11 is 0. The number of amides is 2. The zero-order valence-corrected chi connectivity index (χ0v) is 14.2. The summed E-state index contributed by atoms with van der Waals surface area (Å²) in [5.41, 5.74) is 2.29. The fraction of sp³-hybridized carbons (Fsp3) is 0.474. The van der Waals surface area contributed by atoms with E-state index >= 15 is 0 Å². The van der Waals surface area contributed by atoms with Crippen LogP contribution in [0, 0.1) is 5.92 Å². The molecule has 132 valence electrons. The molecular weight excluding hydrogens is 316 g/mol. The highest BCUT2D eigenvalue weighted by Crippen LogP contribution is 2.37. The minimum Gasteiger partial charge on any atom is -0.378 e. The van der Waals surface area contributed by atoms with E-state index in [1.165, 1.54) is 5.56 Å². The van der Waals surface area contributed by atoms with E-state index < -0.39 is 0 Å². The number of carbonyl (C=O) groups excluding carboxylic acids is 1. The lowest BCUT2D eigenvalue weighted by Crippen LogP contribution is -2.59. The maximum atomic E-state index is 12.2. The third-order valence-corrected chi connectivity index (χ3v) is 5.18. The highest BCUT2D eigenvalue weighted by Gasteiger charge is 2.43. The Bertz CT molecular complexity index is 716. The van der Waals surface area contributed by atoms with Crippen LogP contribution in [0.25, 0.3) is 0 Å². The molecule has 1 aromatic heterocycles. The number of aromatic nitrogens is 2. The number of ether oxygens (including phenoxy) is 1. The molecule has 6 heteroatoms. The molecule has 2 amide bonds. The van der Waals surface area contributed by atoms with Crippen LogP contribution in [0.5, 0.6) is 0 Å². The van der Waals surface area contributed by atoms with Crippen LogP contribution >= 0.6 is 0 Å². The van der Waals surface area contributed by atoms with Gasteiger partial charge in [0.05, 0.1) is 12.4 Å². The summed E-state index contributed by atoms with van der Waals surface area (Å²) in [7, 11) is 0. The van der Waals surface area contributed by atoms with Crippen LogP contribution in [0.3, 0.4) is 0 Å². The topological polar surface area (TPSA) is 68.2 Å². The third kappa shape index (κ3) is 3.85. The highest BCUT2D eigenvalue weighted by molar-refractivity contribution is 5.74. The molecule has 1 saturated heterocycles. The fourth-order valence-electron chi connectivity index (χ4n) is 3.79. The number of nitrogens with one attached hydrogen (secondary N) is 2. The van der Waals surface area contributed by atoms with Crippen molar-refractivity contribution in [2.45, 2.75) is 44.5 Å². The van der Waals surface area contributed by atoms with Crippen molar-refractivity contribution in [3.63, 3.8) is 0 Å². The summed E-state index contributed by atoms with van der Waals surface area (Å²) in [6.45, 7) is 2.18. The van der Waals surface area contributed by atoms with Crippen molar-refractivity contribution < 1.29 is 9.53 Å². The van der Waals surface area contributed by atoms with E-state index in [1.807, 2.05) is 22.9 Å². The minimum atomic E-state index is -0.0889. The summed E-state index contributed by atoms with van der Waals surface area (Å²) < 4.78 is 7.72.